The van der Waals surface area contributed by atoms with E-state index in [0.717, 1.165) is 17.9 Å². The Balaban J connectivity index is 1.44. The van der Waals surface area contributed by atoms with Crippen LogP contribution >= 0.6 is 0 Å². The lowest BCUT2D eigenvalue weighted by molar-refractivity contribution is 0.181. The zero-order valence-corrected chi connectivity index (χ0v) is 17.0. The van der Waals surface area contributed by atoms with Gasteiger partial charge in [0.25, 0.3) is 0 Å². The minimum absolute atomic E-state index is 0.201. The van der Waals surface area contributed by atoms with Gasteiger partial charge in [0.2, 0.25) is 10.0 Å². The summed E-state index contributed by atoms with van der Waals surface area (Å²) in [6.45, 7) is 3.02. The zero-order valence-electron chi connectivity index (χ0n) is 16.2. The molecule has 1 aliphatic rings. The number of rotatable bonds is 6. The van der Waals surface area contributed by atoms with E-state index in [9.17, 15) is 8.42 Å². The molecule has 8 nitrogen and oxygen atoms in total. The molecule has 4 rings (SSSR count). The van der Waals surface area contributed by atoms with Gasteiger partial charge in [-0.1, -0.05) is 12.1 Å². The number of hydrogen-bond donors (Lipinski definition) is 1. The smallest absolute Gasteiger partial charge is 0.246 e. The first-order chi connectivity index (χ1) is 14.1. The topological polar surface area (TPSA) is 91.4 Å². The van der Waals surface area contributed by atoms with E-state index in [1.807, 2.05) is 24.3 Å². The van der Waals surface area contributed by atoms with E-state index in [4.69, 9.17) is 4.74 Å². The van der Waals surface area contributed by atoms with Crippen LogP contribution in [0.15, 0.2) is 59.9 Å². The van der Waals surface area contributed by atoms with Gasteiger partial charge in [-0.2, -0.15) is 9.40 Å². The number of ether oxygens (including phenoxy) is 1. The van der Waals surface area contributed by atoms with Gasteiger partial charge in [0, 0.05) is 50.7 Å². The van der Waals surface area contributed by atoms with Gasteiger partial charge in [0.1, 0.15) is 10.6 Å². The summed E-state index contributed by atoms with van der Waals surface area (Å²) >= 11 is 0. The van der Waals surface area contributed by atoms with E-state index >= 15 is 0 Å². The maximum absolute atomic E-state index is 13.2. The minimum atomic E-state index is -3.63. The Labute approximate surface area is 170 Å². The Hall–Kier alpha value is -2.75. The van der Waals surface area contributed by atoms with Crippen molar-refractivity contribution in [2.24, 2.45) is 0 Å². The lowest BCUT2D eigenvalue weighted by Gasteiger charge is -2.33. The van der Waals surface area contributed by atoms with Crippen molar-refractivity contribution in [1.82, 2.24) is 24.4 Å². The number of methoxy groups -OCH3 is 1. The highest BCUT2D eigenvalue weighted by atomic mass is 32.2. The minimum Gasteiger partial charge on any atom is -0.497 e. The summed E-state index contributed by atoms with van der Waals surface area (Å²) in [7, 11) is -1.98. The van der Waals surface area contributed by atoms with Gasteiger partial charge in [-0.3, -0.25) is 15.0 Å². The fraction of sp³-hybridized carbons (Fsp3) is 0.300. The molecule has 1 aromatic carbocycles. The molecule has 1 aliphatic heterocycles. The fourth-order valence-electron chi connectivity index (χ4n) is 3.45. The SMILES string of the molecule is COc1ccc(CN2CCN(S(=O)(=O)c3cn[nH]c3-c3ccncc3)CC2)cc1. The second kappa shape index (κ2) is 8.32. The molecule has 1 N–H and O–H groups in total. The van der Waals surface area contributed by atoms with Crippen LogP contribution in [0.2, 0.25) is 0 Å². The van der Waals surface area contributed by atoms with Crippen molar-refractivity contribution in [3.8, 4) is 17.0 Å². The van der Waals surface area contributed by atoms with Crippen molar-refractivity contribution < 1.29 is 13.2 Å². The fourth-order valence-corrected chi connectivity index (χ4v) is 4.98. The summed E-state index contributed by atoms with van der Waals surface area (Å²) in [4.78, 5) is 6.44. The molecule has 3 aromatic rings. The van der Waals surface area contributed by atoms with Gasteiger partial charge in [-0.15, -0.1) is 0 Å². The Kier molecular flexibility index (Phi) is 5.61. The molecule has 0 bridgehead atoms. The maximum Gasteiger partial charge on any atom is 0.246 e. The summed E-state index contributed by atoms with van der Waals surface area (Å²) in [5, 5.41) is 6.79. The van der Waals surface area contributed by atoms with Crippen molar-refractivity contribution >= 4 is 10.0 Å². The number of H-pyrrole nitrogens is 1. The lowest BCUT2D eigenvalue weighted by atomic mass is 10.2. The van der Waals surface area contributed by atoms with E-state index in [0.29, 0.717) is 31.9 Å². The lowest BCUT2D eigenvalue weighted by Crippen LogP contribution is -2.48. The molecule has 0 spiro atoms. The van der Waals surface area contributed by atoms with Gasteiger partial charge < -0.3 is 4.74 Å². The summed E-state index contributed by atoms with van der Waals surface area (Å²) in [5.74, 6) is 0.828. The maximum atomic E-state index is 13.2. The Morgan fingerprint density at radius 1 is 1.03 bits per heavy atom. The second-order valence-corrected chi connectivity index (χ2v) is 8.78. The normalized spacial score (nSPS) is 16.0. The van der Waals surface area contributed by atoms with Crippen molar-refractivity contribution in [1.29, 1.82) is 0 Å². The van der Waals surface area contributed by atoms with Crippen molar-refractivity contribution in [2.75, 3.05) is 33.3 Å². The highest BCUT2D eigenvalue weighted by Crippen LogP contribution is 2.27. The van der Waals surface area contributed by atoms with Crippen LogP contribution in [0.5, 0.6) is 5.75 Å². The van der Waals surface area contributed by atoms with E-state index in [-0.39, 0.29) is 4.90 Å². The molecule has 9 heteroatoms. The number of piperazine rings is 1. The summed E-state index contributed by atoms with van der Waals surface area (Å²) < 4.78 is 33.1. The van der Waals surface area contributed by atoms with Gasteiger partial charge >= 0.3 is 0 Å². The second-order valence-electron chi connectivity index (χ2n) is 6.87. The number of nitrogens with zero attached hydrogens (tertiary/aromatic N) is 4. The van der Waals surface area contributed by atoms with Crippen LogP contribution in [0.25, 0.3) is 11.3 Å². The van der Waals surface area contributed by atoms with Crippen molar-refractivity contribution in [2.45, 2.75) is 11.4 Å². The largest absolute Gasteiger partial charge is 0.497 e. The summed E-state index contributed by atoms with van der Waals surface area (Å²) in [6, 6.07) is 11.5. The Morgan fingerprint density at radius 2 is 1.72 bits per heavy atom. The first-order valence-electron chi connectivity index (χ1n) is 9.37. The third kappa shape index (κ3) is 4.16. The van der Waals surface area contributed by atoms with Gasteiger partial charge in [0.15, 0.2) is 0 Å². The molecule has 0 unspecified atom stereocenters. The molecular weight excluding hydrogens is 390 g/mol. The average Bonchev–Trinajstić information content (AvgIpc) is 3.26. The monoisotopic (exact) mass is 413 g/mol. The number of aromatic amines is 1. The van der Waals surface area contributed by atoms with Crippen LogP contribution in [0.4, 0.5) is 0 Å². The Morgan fingerprint density at radius 3 is 2.38 bits per heavy atom. The number of nitrogens with one attached hydrogen (secondary N) is 1. The van der Waals surface area contributed by atoms with E-state index in [1.165, 1.54) is 16.1 Å². The molecule has 0 aliphatic carbocycles. The van der Waals surface area contributed by atoms with E-state index in [1.54, 1.807) is 31.6 Å². The van der Waals surface area contributed by atoms with Crippen LogP contribution in [0.3, 0.4) is 0 Å². The van der Waals surface area contributed by atoms with Crippen molar-refractivity contribution in [3.63, 3.8) is 0 Å². The molecule has 29 heavy (non-hydrogen) atoms. The molecule has 152 valence electrons. The average molecular weight is 414 g/mol. The standard InChI is InChI=1S/C20H23N5O3S/c1-28-18-4-2-16(3-5-18)15-24-10-12-25(13-11-24)29(26,27)19-14-22-23-20(19)17-6-8-21-9-7-17/h2-9,14H,10-13,15H2,1H3,(H,22,23). The molecule has 0 amide bonds. The van der Waals surface area contributed by atoms with Gasteiger partial charge in [0.05, 0.1) is 19.0 Å². The number of hydrogen-bond acceptors (Lipinski definition) is 6. The number of pyridine rings is 1. The number of benzene rings is 1. The first kappa shape index (κ1) is 19.6. The zero-order chi connectivity index (χ0) is 20.3. The molecular formula is C20H23N5O3S. The summed E-state index contributed by atoms with van der Waals surface area (Å²) in [6.07, 6.45) is 4.64. The quantitative estimate of drug-likeness (QED) is 0.665. The van der Waals surface area contributed by atoms with E-state index in [2.05, 4.69) is 20.1 Å². The summed E-state index contributed by atoms with van der Waals surface area (Å²) in [5.41, 5.74) is 2.42. The molecule has 3 heterocycles. The van der Waals surface area contributed by atoms with Crippen LogP contribution in [0, 0.1) is 0 Å². The molecule has 1 saturated heterocycles. The number of aromatic nitrogens is 3. The van der Waals surface area contributed by atoms with Crippen LogP contribution < -0.4 is 4.74 Å². The first-order valence-corrected chi connectivity index (χ1v) is 10.8. The predicted molar refractivity (Wildman–Crippen MR) is 109 cm³/mol. The molecule has 1 fully saturated rings. The molecule has 0 atom stereocenters. The van der Waals surface area contributed by atoms with Crippen LogP contribution in [-0.2, 0) is 16.6 Å². The van der Waals surface area contributed by atoms with E-state index < -0.39 is 10.0 Å². The third-order valence-electron chi connectivity index (χ3n) is 5.09. The predicted octanol–water partition coefficient (Wildman–Crippen LogP) is 1.99. The van der Waals surface area contributed by atoms with Crippen molar-refractivity contribution in [3.05, 3.63) is 60.6 Å². The molecule has 0 radical (unpaired) electrons. The van der Waals surface area contributed by atoms with Crippen LogP contribution in [-0.4, -0.2) is 66.1 Å². The highest BCUT2D eigenvalue weighted by molar-refractivity contribution is 7.89. The molecule has 0 saturated carbocycles. The third-order valence-corrected chi connectivity index (χ3v) is 7.00. The van der Waals surface area contributed by atoms with Crippen LogP contribution in [0.1, 0.15) is 5.56 Å². The molecule has 2 aromatic heterocycles. The van der Waals surface area contributed by atoms with Gasteiger partial charge in [-0.25, -0.2) is 8.42 Å². The Bertz CT molecular complexity index is 1040. The highest BCUT2D eigenvalue weighted by Gasteiger charge is 2.31. The van der Waals surface area contributed by atoms with Gasteiger partial charge in [-0.05, 0) is 29.8 Å². The number of sulfonamides is 1.